The smallest absolute Gasteiger partial charge is 0.404 e. The molecule has 4 heteroatoms. The second-order valence-corrected chi connectivity index (χ2v) is 1.40. The maximum Gasteiger partial charge on any atom is 1.00 e. The van der Waals surface area contributed by atoms with Crippen molar-refractivity contribution in [1.82, 2.24) is 9.78 Å². The van der Waals surface area contributed by atoms with Gasteiger partial charge in [-0.2, -0.15) is 0 Å². The van der Waals surface area contributed by atoms with Crippen LogP contribution in [0, 0.1) is 6.07 Å². The summed E-state index contributed by atoms with van der Waals surface area (Å²) >= 11 is 0. The summed E-state index contributed by atoms with van der Waals surface area (Å²) in [6.45, 7) is 6.83. The van der Waals surface area contributed by atoms with Crippen molar-refractivity contribution in [3.05, 3.63) is 18.8 Å². The van der Waals surface area contributed by atoms with E-state index in [9.17, 15) is 0 Å². The molecule has 0 spiro atoms. The molecule has 1 aromatic heterocycles. The average molecular weight is 206 g/mol. The zero-order valence-corrected chi connectivity index (χ0v) is 10.8. The molecule has 10 heavy (non-hydrogen) atoms. The first kappa shape index (κ1) is 10.4. The Hall–Kier alpha value is 0.425. The van der Waals surface area contributed by atoms with Crippen molar-refractivity contribution in [3.8, 4) is 0 Å². The molecule has 0 atom stereocenters. The topological polar surface area (TPSA) is 30.2 Å². The Morgan fingerprint density at radius 2 is 2.50 bits per heavy atom. The summed E-state index contributed by atoms with van der Waals surface area (Å²) in [4.78, 5) is 3.62. The molecular formula is C6H6N3Rb. The molecule has 46 valence electrons. The molecule has 0 unspecified atom stereocenters. The third-order valence-corrected chi connectivity index (χ3v) is 0.915. The van der Waals surface area contributed by atoms with Gasteiger partial charge in [-0.1, -0.05) is 6.58 Å². The van der Waals surface area contributed by atoms with E-state index in [0.29, 0.717) is 5.82 Å². The quantitative estimate of drug-likeness (QED) is 0.411. The van der Waals surface area contributed by atoms with Gasteiger partial charge in [-0.15, -0.1) is 6.20 Å². The van der Waals surface area contributed by atoms with E-state index in [1.54, 1.807) is 6.20 Å². The summed E-state index contributed by atoms with van der Waals surface area (Å²) in [5.41, 5.74) is 0. The van der Waals surface area contributed by atoms with Crippen molar-refractivity contribution in [2.45, 2.75) is 0 Å². The van der Waals surface area contributed by atoms with Crippen LogP contribution < -0.4 is 58.2 Å². The summed E-state index contributed by atoms with van der Waals surface area (Å²) in [6, 6.07) is 2.76. The second-order valence-electron chi connectivity index (χ2n) is 1.40. The van der Waals surface area contributed by atoms with Gasteiger partial charge in [0.25, 0.3) is 0 Å². The fourth-order valence-electron chi connectivity index (χ4n) is 0.521. The zero-order chi connectivity index (χ0) is 6.69. The predicted molar refractivity (Wildman–Crippen MR) is 36.7 cm³/mol. The van der Waals surface area contributed by atoms with Crippen molar-refractivity contribution in [1.29, 1.82) is 0 Å². The molecule has 0 fully saturated rings. The van der Waals surface area contributed by atoms with Crippen LogP contribution >= 0.6 is 0 Å². The third-order valence-electron chi connectivity index (χ3n) is 0.915. The Morgan fingerprint density at radius 3 is 2.90 bits per heavy atom. The molecule has 0 N–H and O–H groups in total. The minimum atomic E-state index is 0. The molecule has 0 aromatic carbocycles. The number of hydrogen-bond acceptors (Lipinski definition) is 2. The van der Waals surface area contributed by atoms with Gasteiger partial charge in [0.15, 0.2) is 0 Å². The summed E-state index contributed by atoms with van der Waals surface area (Å²) in [5, 5.41) is 3.81. The first-order valence-corrected chi connectivity index (χ1v) is 2.43. The summed E-state index contributed by atoms with van der Waals surface area (Å²) in [6.07, 6.45) is 3.06. The molecule has 0 bridgehead atoms. The first-order valence-electron chi connectivity index (χ1n) is 2.43. The van der Waals surface area contributed by atoms with Crippen LogP contribution in [-0.4, -0.2) is 16.5 Å². The van der Waals surface area contributed by atoms with Crippen molar-refractivity contribution in [2.24, 2.45) is 4.99 Å². The molecular weight excluding hydrogens is 200 g/mol. The van der Waals surface area contributed by atoms with Crippen molar-refractivity contribution >= 4 is 18.7 Å². The van der Waals surface area contributed by atoms with E-state index < -0.39 is 0 Å². The molecule has 0 aliphatic heterocycles. The fourth-order valence-corrected chi connectivity index (χ4v) is 0.521. The van der Waals surface area contributed by atoms with Gasteiger partial charge in [0.1, 0.15) is 0 Å². The summed E-state index contributed by atoms with van der Waals surface area (Å²) < 4.78 is 1.49. The average Bonchev–Trinajstić information content (AvgIpc) is 2.33. The van der Waals surface area contributed by atoms with E-state index in [1.165, 1.54) is 10.9 Å². The molecule has 1 rings (SSSR count). The Kier molecular flexibility index (Phi) is 5.34. The minimum absolute atomic E-state index is 0. The van der Waals surface area contributed by atoms with Gasteiger partial charge < -0.3 is 6.07 Å². The Morgan fingerprint density at radius 1 is 1.80 bits per heavy atom. The predicted octanol–water partition coefficient (Wildman–Crippen LogP) is -1.88. The van der Waals surface area contributed by atoms with Crippen LogP contribution in [0.15, 0.2) is 17.8 Å². The monoisotopic (exact) mass is 205 g/mol. The Balaban J connectivity index is 0.000000810. The number of hydrogen-bond donors (Lipinski definition) is 0. The van der Waals surface area contributed by atoms with E-state index >= 15 is 0 Å². The standard InChI is InChI=1S/C6H6N3.Rb/c1-3-9-6(7-2)4-5-8-9;/h3,5H,1-2H2;/q-1;+1. The van der Waals surface area contributed by atoms with E-state index in [2.05, 4.69) is 29.5 Å². The molecule has 3 nitrogen and oxygen atoms in total. The Bertz CT molecular complexity index is 206. The number of rotatable bonds is 2. The van der Waals surface area contributed by atoms with Crippen LogP contribution in [-0.2, 0) is 0 Å². The van der Waals surface area contributed by atoms with E-state index in [1.807, 2.05) is 0 Å². The molecule has 0 radical (unpaired) electrons. The molecule has 0 saturated carbocycles. The SMILES string of the molecule is C=Cn1nc[c-]c1N=C.[Rb+]. The van der Waals surface area contributed by atoms with Crippen LogP contribution in [0.2, 0.25) is 0 Å². The largest absolute Gasteiger partial charge is 1.00 e. The summed E-state index contributed by atoms with van der Waals surface area (Å²) in [7, 11) is 0. The van der Waals surface area contributed by atoms with Crippen LogP contribution in [0.25, 0.3) is 6.20 Å². The van der Waals surface area contributed by atoms with Crippen LogP contribution in [0.4, 0.5) is 5.82 Å². The van der Waals surface area contributed by atoms with Crippen LogP contribution in [0.3, 0.4) is 0 Å². The molecule has 1 heterocycles. The van der Waals surface area contributed by atoms with E-state index in [0.717, 1.165) is 0 Å². The van der Waals surface area contributed by atoms with Crippen molar-refractivity contribution < 1.29 is 58.2 Å². The van der Waals surface area contributed by atoms with Gasteiger partial charge >= 0.3 is 58.2 Å². The van der Waals surface area contributed by atoms with Crippen molar-refractivity contribution in [2.75, 3.05) is 0 Å². The third kappa shape index (κ3) is 2.23. The van der Waals surface area contributed by atoms with Crippen molar-refractivity contribution in [3.63, 3.8) is 0 Å². The maximum absolute atomic E-state index is 3.81. The zero-order valence-electron chi connectivity index (χ0n) is 5.91. The number of nitrogens with zero attached hydrogens (tertiary/aromatic N) is 3. The van der Waals surface area contributed by atoms with Crippen LogP contribution in [0.1, 0.15) is 0 Å². The second kappa shape index (κ2) is 5.13. The van der Waals surface area contributed by atoms with E-state index in [4.69, 9.17) is 0 Å². The number of aromatic nitrogens is 2. The van der Waals surface area contributed by atoms with Gasteiger partial charge in [-0.25, -0.2) is 5.10 Å². The Labute approximate surface area is 109 Å². The van der Waals surface area contributed by atoms with Gasteiger partial charge in [0, 0.05) is 6.20 Å². The van der Waals surface area contributed by atoms with Gasteiger partial charge in [-0.3, -0.25) is 9.67 Å². The van der Waals surface area contributed by atoms with Gasteiger partial charge in [-0.05, 0) is 12.5 Å². The fraction of sp³-hybridized carbons (Fsp3) is 0. The maximum atomic E-state index is 3.81. The van der Waals surface area contributed by atoms with Gasteiger partial charge in [0.2, 0.25) is 0 Å². The molecule has 0 aliphatic carbocycles. The van der Waals surface area contributed by atoms with E-state index in [-0.39, 0.29) is 58.2 Å². The molecule has 0 saturated heterocycles. The summed E-state index contributed by atoms with van der Waals surface area (Å²) in [5.74, 6) is 0.588. The molecule has 0 aliphatic rings. The molecule has 0 amide bonds. The minimum Gasteiger partial charge on any atom is -0.404 e. The number of aliphatic imine (C=N–C) groups is 1. The first-order chi connectivity index (χ1) is 4.38. The van der Waals surface area contributed by atoms with Crippen LogP contribution in [0.5, 0.6) is 0 Å². The van der Waals surface area contributed by atoms with Gasteiger partial charge in [0.05, 0.1) is 0 Å². The normalized spacial score (nSPS) is 8.00. The molecule has 1 aromatic rings.